The molecule has 2 bridgehead atoms. The van der Waals surface area contributed by atoms with Gasteiger partial charge in [0.25, 0.3) is 0 Å². The van der Waals surface area contributed by atoms with Crippen molar-refractivity contribution in [1.82, 2.24) is 5.32 Å². The van der Waals surface area contributed by atoms with E-state index in [0.29, 0.717) is 41.8 Å². The van der Waals surface area contributed by atoms with E-state index in [0.717, 1.165) is 18.4 Å². The van der Waals surface area contributed by atoms with Gasteiger partial charge in [0.1, 0.15) is 0 Å². The molecule has 132 valence electrons. The largest absolute Gasteiger partial charge is 0.493 e. The van der Waals surface area contributed by atoms with Gasteiger partial charge in [-0.05, 0) is 55.2 Å². The van der Waals surface area contributed by atoms with Crippen LogP contribution >= 0.6 is 0 Å². The van der Waals surface area contributed by atoms with E-state index in [4.69, 9.17) is 15.2 Å². The number of carbonyl (C=O) groups excluding carboxylic acids is 1. The van der Waals surface area contributed by atoms with Gasteiger partial charge in [-0.2, -0.15) is 0 Å². The Bertz CT molecular complexity index is 576. The van der Waals surface area contributed by atoms with Gasteiger partial charge in [-0.3, -0.25) is 4.79 Å². The number of rotatable bonds is 5. The predicted molar refractivity (Wildman–Crippen MR) is 93.2 cm³/mol. The molecule has 2 atom stereocenters. The fourth-order valence-electron chi connectivity index (χ4n) is 4.44. The van der Waals surface area contributed by atoms with Crippen LogP contribution in [0.2, 0.25) is 0 Å². The zero-order valence-corrected chi connectivity index (χ0v) is 14.6. The van der Waals surface area contributed by atoms with Crippen molar-refractivity contribution < 1.29 is 14.3 Å². The Labute approximate surface area is 143 Å². The van der Waals surface area contributed by atoms with E-state index in [1.54, 1.807) is 14.2 Å². The van der Waals surface area contributed by atoms with Crippen LogP contribution in [0.5, 0.6) is 11.5 Å². The maximum Gasteiger partial charge on any atom is 0.224 e. The molecule has 2 aliphatic rings. The van der Waals surface area contributed by atoms with Crippen molar-refractivity contribution in [2.45, 2.75) is 50.6 Å². The quantitative estimate of drug-likeness (QED) is 0.867. The Kier molecular flexibility index (Phi) is 5.29. The number of methoxy groups -OCH3 is 2. The summed E-state index contributed by atoms with van der Waals surface area (Å²) >= 11 is 0. The molecule has 0 spiro atoms. The predicted octanol–water partition coefficient (Wildman–Crippen LogP) is 2.27. The van der Waals surface area contributed by atoms with Crippen molar-refractivity contribution >= 4 is 5.91 Å². The topological polar surface area (TPSA) is 73.6 Å². The van der Waals surface area contributed by atoms with Gasteiger partial charge in [0, 0.05) is 12.1 Å². The second kappa shape index (κ2) is 7.43. The number of fused-ring (bicyclic) bond motifs is 2. The Hall–Kier alpha value is -1.75. The lowest BCUT2D eigenvalue weighted by atomic mass is 9.67. The number of benzene rings is 1. The summed E-state index contributed by atoms with van der Waals surface area (Å²) in [5.74, 6) is 2.50. The molecule has 0 aromatic heterocycles. The van der Waals surface area contributed by atoms with E-state index in [9.17, 15) is 4.79 Å². The summed E-state index contributed by atoms with van der Waals surface area (Å²) in [7, 11) is 3.21. The smallest absolute Gasteiger partial charge is 0.224 e. The van der Waals surface area contributed by atoms with Crippen molar-refractivity contribution in [3.8, 4) is 11.5 Å². The summed E-state index contributed by atoms with van der Waals surface area (Å²) < 4.78 is 10.6. The summed E-state index contributed by atoms with van der Waals surface area (Å²) in [5, 5.41) is 3.29. The molecule has 0 aliphatic heterocycles. The van der Waals surface area contributed by atoms with Gasteiger partial charge in [-0.15, -0.1) is 0 Å². The Morgan fingerprint density at radius 1 is 1.17 bits per heavy atom. The molecule has 2 aliphatic carbocycles. The SMILES string of the molecule is COc1ccc(CC(=O)NC2C3CCCC2CC(N)C3)cc1OC. The molecule has 2 unspecified atom stereocenters. The third-order valence-electron chi connectivity index (χ3n) is 5.52. The molecule has 2 fully saturated rings. The van der Waals surface area contributed by atoms with Crippen LogP contribution in [0.1, 0.15) is 37.7 Å². The van der Waals surface area contributed by atoms with E-state index < -0.39 is 0 Å². The summed E-state index contributed by atoms with van der Waals surface area (Å²) in [6, 6.07) is 6.23. The van der Waals surface area contributed by atoms with Gasteiger partial charge < -0.3 is 20.5 Å². The van der Waals surface area contributed by atoms with E-state index in [1.807, 2.05) is 18.2 Å². The minimum Gasteiger partial charge on any atom is -0.493 e. The third kappa shape index (κ3) is 3.66. The van der Waals surface area contributed by atoms with Gasteiger partial charge in [-0.1, -0.05) is 12.5 Å². The molecule has 1 amide bonds. The average Bonchev–Trinajstić information content (AvgIpc) is 2.55. The Balaban J connectivity index is 1.63. The van der Waals surface area contributed by atoms with Crippen LogP contribution in [0.15, 0.2) is 18.2 Å². The first-order valence-corrected chi connectivity index (χ1v) is 8.86. The van der Waals surface area contributed by atoms with Gasteiger partial charge in [-0.25, -0.2) is 0 Å². The Morgan fingerprint density at radius 3 is 2.46 bits per heavy atom. The molecule has 0 radical (unpaired) electrons. The number of nitrogens with one attached hydrogen (secondary N) is 1. The van der Waals surface area contributed by atoms with E-state index in [2.05, 4.69) is 5.32 Å². The van der Waals surface area contributed by atoms with Crippen LogP contribution in [-0.2, 0) is 11.2 Å². The molecule has 3 N–H and O–H groups in total. The zero-order chi connectivity index (χ0) is 17.1. The molecular weight excluding hydrogens is 304 g/mol. The maximum atomic E-state index is 12.5. The minimum absolute atomic E-state index is 0.0830. The van der Waals surface area contributed by atoms with E-state index >= 15 is 0 Å². The first kappa shape index (κ1) is 17.1. The van der Waals surface area contributed by atoms with Crippen LogP contribution < -0.4 is 20.5 Å². The zero-order valence-electron chi connectivity index (χ0n) is 14.6. The third-order valence-corrected chi connectivity index (χ3v) is 5.52. The minimum atomic E-state index is 0.0830. The van der Waals surface area contributed by atoms with Crippen LogP contribution in [0.25, 0.3) is 0 Å². The first-order chi connectivity index (χ1) is 11.6. The number of amides is 1. The molecular formula is C19H28N2O3. The summed E-state index contributed by atoms with van der Waals surface area (Å²) in [5.41, 5.74) is 7.10. The number of hydrogen-bond acceptors (Lipinski definition) is 4. The fraction of sp³-hybridized carbons (Fsp3) is 0.632. The van der Waals surface area contributed by atoms with Crippen molar-refractivity contribution in [1.29, 1.82) is 0 Å². The van der Waals surface area contributed by atoms with Gasteiger partial charge in [0.05, 0.1) is 20.6 Å². The highest BCUT2D eigenvalue weighted by Crippen LogP contribution is 2.39. The van der Waals surface area contributed by atoms with Gasteiger partial charge >= 0.3 is 0 Å². The summed E-state index contributed by atoms with van der Waals surface area (Å²) in [6.45, 7) is 0. The van der Waals surface area contributed by atoms with Crippen molar-refractivity contribution in [3.05, 3.63) is 23.8 Å². The molecule has 3 rings (SSSR count). The van der Waals surface area contributed by atoms with Crippen molar-refractivity contribution in [2.24, 2.45) is 17.6 Å². The average molecular weight is 332 g/mol. The lowest BCUT2D eigenvalue weighted by Gasteiger charge is -2.45. The van der Waals surface area contributed by atoms with Gasteiger partial charge in [0.15, 0.2) is 11.5 Å². The molecule has 1 aromatic rings. The molecule has 24 heavy (non-hydrogen) atoms. The lowest BCUT2D eigenvalue weighted by molar-refractivity contribution is -0.122. The van der Waals surface area contributed by atoms with E-state index in [1.165, 1.54) is 19.3 Å². The number of carbonyl (C=O) groups is 1. The molecule has 2 saturated carbocycles. The summed E-state index contributed by atoms with van der Waals surface area (Å²) in [4.78, 5) is 12.5. The molecule has 1 aromatic carbocycles. The molecule has 0 heterocycles. The molecule has 5 heteroatoms. The molecule has 5 nitrogen and oxygen atoms in total. The van der Waals surface area contributed by atoms with Crippen LogP contribution in [0.3, 0.4) is 0 Å². The summed E-state index contributed by atoms with van der Waals surface area (Å²) in [6.07, 6.45) is 6.08. The van der Waals surface area contributed by atoms with Gasteiger partial charge in [0.2, 0.25) is 5.91 Å². The number of ether oxygens (including phenoxy) is 2. The highest BCUT2D eigenvalue weighted by atomic mass is 16.5. The fourth-order valence-corrected chi connectivity index (χ4v) is 4.44. The monoisotopic (exact) mass is 332 g/mol. The van der Waals surface area contributed by atoms with Crippen LogP contribution in [0, 0.1) is 11.8 Å². The Morgan fingerprint density at radius 2 is 1.83 bits per heavy atom. The van der Waals surface area contributed by atoms with Crippen molar-refractivity contribution in [2.75, 3.05) is 14.2 Å². The lowest BCUT2D eigenvalue weighted by Crippen LogP contribution is -2.54. The number of nitrogens with two attached hydrogens (primary N) is 1. The van der Waals surface area contributed by atoms with Crippen LogP contribution in [0.4, 0.5) is 0 Å². The highest BCUT2D eigenvalue weighted by Gasteiger charge is 2.39. The van der Waals surface area contributed by atoms with E-state index in [-0.39, 0.29) is 5.91 Å². The van der Waals surface area contributed by atoms with Crippen molar-refractivity contribution in [3.63, 3.8) is 0 Å². The first-order valence-electron chi connectivity index (χ1n) is 8.86. The second-order valence-electron chi connectivity index (χ2n) is 7.14. The standard InChI is InChI=1S/C19H28N2O3/c1-23-16-7-6-12(8-17(16)24-2)9-18(22)21-19-13-4-3-5-14(19)11-15(20)10-13/h6-8,13-15,19H,3-5,9-11,20H2,1-2H3,(H,21,22). The highest BCUT2D eigenvalue weighted by molar-refractivity contribution is 5.79. The number of hydrogen-bond donors (Lipinski definition) is 2. The maximum absolute atomic E-state index is 12.5. The van der Waals surface area contributed by atoms with Crippen LogP contribution in [-0.4, -0.2) is 32.2 Å². The normalized spacial score (nSPS) is 29.0. The second-order valence-corrected chi connectivity index (χ2v) is 7.14. The molecule has 0 saturated heterocycles.